The standard InChI is InChI=1S/C19H21N3O3/c1-21-11-13(10-20-21)16-7-5-9-22(16)19(23)18-15(12-24-2)14-6-3-4-8-17(14)25-18/h3-4,6,8,10-11,16H,5,7,9,12H2,1-2H3/t16-/m0/s1. The molecule has 130 valence electrons. The summed E-state index contributed by atoms with van der Waals surface area (Å²) in [5.74, 6) is 0.313. The zero-order valence-corrected chi connectivity index (χ0v) is 14.4. The number of hydrogen-bond acceptors (Lipinski definition) is 4. The number of furan rings is 1. The van der Waals surface area contributed by atoms with Crippen LogP contribution < -0.4 is 0 Å². The Balaban J connectivity index is 1.72. The van der Waals surface area contributed by atoms with Gasteiger partial charge in [0.15, 0.2) is 5.76 Å². The first kappa shape index (κ1) is 15.9. The minimum absolute atomic E-state index is 0.0461. The number of para-hydroxylation sites is 1. The lowest BCUT2D eigenvalue weighted by molar-refractivity contribution is 0.0699. The van der Waals surface area contributed by atoms with E-state index in [1.807, 2.05) is 48.6 Å². The van der Waals surface area contributed by atoms with E-state index in [0.29, 0.717) is 12.4 Å². The van der Waals surface area contributed by atoms with Crippen LogP contribution in [-0.4, -0.2) is 34.2 Å². The largest absolute Gasteiger partial charge is 0.451 e. The Hall–Kier alpha value is -2.60. The van der Waals surface area contributed by atoms with E-state index in [1.165, 1.54) is 0 Å². The van der Waals surface area contributed by atoms with Crippen LogP contribution in [0, 0.1) is 0 Å². The van der Waals surface area contributed by atoms with Crippen LogP contribution in [0.3, 0.4) is 0 Å². The molecule has 0 saturated carbocycles. The zero-order chi connectivity index (χ0) is 17.4. The first-order chi connectivity index (χ1) is 12.2. The second-order valence-electron chi connectivity index (χ2n) is 6.44. The number of aryl methyl sites for hydroxylation is 1. The van der Waals surface area contributed by atoms with Crippen molar-refractivity contribution in [2.24, 2.45) is 7.05 Å². The highest BCUT2D eigenvalue weighted by molar-refractivity contribution is 5.99. The summed E-state index contributed by atoms with van der Waals surface area (Å²) in [6.07, 6.45) is 5.73. The van der Waals surface area contributed by atoms with Crippen LogP contribution in [0.2, 0.25) is 0 Å². The molecule has 0 bridgehead atoms. The Labute approximate surface area is 146 Å². The van der Waals surface area contributed by atoms with Crippen molar-refractivity contribution in [2.75, 3.05) is 13.7 Å². The molecule has 0 unspecified atom stereocenters. The summed E-state index contributed by atoms with van der Waals surface area (Å²) in [5.41, 5.74) is 2.60. The third kappa shape index (κ3) is 2.72. The highest BCUT2D eigenvalue weighted by atomic mass is 16.5. The molecule has 2 aromatic heterocycles. The van der Waals surface area contributed by atoms with Crippen LogP contribution in [0.25, 0.3) is 11.0 Å². The van der Waals surface area contributed by atoms with Crippen molar-refractivity contribution in [2.45, 2.75) is 25.5 Å². The number of benzene rings is 1. The van der Waals surface area contributed by atoms with Gasteiger partial charge in [-0.1, -0.05) is 18.2 Å². The molecule has 1 fully saturated rings. The molecule has 25 heavy (non-hydrogen) atoms. The van der Waals surface area contributed by atoms with Gasteiger partial charge >= 0.3 is 0 Å². The summed E-state index contributed by atoms with van der Waals surface area (Å²) in [6.45, 7) is 1.07. The molecule has 3 aromatic rings. The van der Waals surface area contributed by atoms with Gasteiger partial charge in [0.2, 0.25) is 0 Å². The summed E-state index contributed by atoms with van der Waals surface area (Å²) in [4.78, 5) is 15.1. The Kier molecular flexibility index (Phi) is 4.05. The van der Waals surface area contributed by atoms with Gasteiger partial charge in [0.05, 0.1) is 18.8 Å². The first-order valence-corrected chi connectivity index (χ1v) is 8.48. The lowest BCUT2D eigenvalue weighted by atomic mass is 10.1. The van der Waals surface area contributed by atoms with Crippen molar-refractivity contribution in [3.8, 4) is 0 Å². The highest BCUT2D eigenvalue weighted by Crippen LogP contribution is 2.35. The van der Waals surface area contributed by atoms with Crippen molar-refractivity contribution >= 4 is 16.9 Å². The molecule has 0 aliphatic carbocycles. The van der Waals surface area contributed by atoms with Gasteiger partial charge in [-0.25, -0.2) is 0 Å². The maximum absolute atomic E-state index is 13.3. The van der Waals surface area contributed by atoms with E-state index in [1.54, 1.807) is 11.8 Å². The van der Waals surface area contributed by atoms with Gasteiger partial charge in [0.25, 0.3) is 5.91 Å². The van der Waals surface area contributed by atoms with Crippen molar-refractivity contribution in [1.82, 2.24) is 14.7 Å². The van der Waals surface area contributed by atoms with Gasteiger partial charge in [-0.05, 0) is 18.9 Å². The summed E-state index contributed by atoms with van der Waals surface area (Å²) < 4.78 is 13.0. The van der Waals surface area contributed by atoms with Crippen LogP contribution in [0.5, 0.6) is 0 Å². The van der Waals surface area contributed by atoms with Crippen LogP contribution in [0.1, 0.15) is 40.6 Å². The number of hydrogen-bond donors (Lipinski definition) is 0. The second kappa shape index (κ2) is 6.37. The van der Waals surface area contributed by atoms with Gasteiger partial charge in [0.1, 0.15) is 5.58 Å². The smallest absolute Gasteiger partial charge is 0.290 e. The predicted octanol–water partition coefficient (Wildman–Crippen LogP) is 3.29. The number of aromatic nitrogens is 2. The third-order valence-electron chi connectivity index (χ3n) is 4.80. The average molecular weight is 339 g/mol. The minimum Gasteiger partial charge on any atom is -0.451 e. The van der Waals surface area contributed by atoms with Crippen molar-refractivity contribution < 1.29 is 13.9 Å². The fraction of sp³-hybridized carbons (Fsp3) is 0.368. The summed E-state index contributed by atoms with van der Waals surface area (Å²) in [5, 5.41) is 5.18. The van der Waals surface area contributed by atoms with Crippen LogP contribution >= 0.6 is 0 Å². The topological polar surface area (TPSA) is 60.5 Å². The summed E-state index contributed by atoms with van der Waals surface area (Å²) in [7, 11) is 3.52. The van der Waals surface area contributed by atoms with Crippen LogP contribution in [-0.2, 0) is 18.4 Å². The SMILES string of the molecule is COCc1c(C(=O)N2CCC[C@H]2c2cnn(C)c2)oc2ccccc12. The van der Waals surface area contributed by atoms with E-state index in [-0.39, 0.29) is 11.9 Å². The number of rotatable bonds is 4. The number of ether oxygens (including phenoxy) is 1. The fourth-order valence-corrected chi connectivity index (χ4v) is 3.66. The number of nitrogens with zero attached hydrogens (tertiary/aromatic N) is 3. The van der Waals surface area contributed by atoms with E-state index >= 15 is 0 Å². The lowest BCUT2D eigenvalue weighted by Gasteiger charge is -2.23. The average Bonchev–Trinajstić information content (AvgIpc) is 3.33. The molecule has 1 saturated heterocycles. The molecule has 0 spiro atoms. The minimum atomic E-state index is -0.0744. The number of amides is 1. The number of likely N-dealkylation sites (tertiary alicyclic amines) is 1. The molecule has 4 rings (SSSR count). The predicted molar refractivity (Wildman–Crippen MR) is 93.1 cm³/mol. The molecule has 6 nitrogen and oxygen atoms in total. The summed E-state index contributed by atoms with van der Waals surface area (Å²) in [6, 6.07) is 7.75. The van der Waals surface area contributed by atoms with Gasteiger partial charge < -0.3 is 14.1 Å². The molecular formula is C19H21N3O3. The molecular weight excluding hydrogens is 318 g/mol. The molecule has 1 amide bonds. The molecule has 1 aromatic carbocycles. The zero-order valence-electron chi connectivity index (χ0n) is 14.4. The number of carbonyl (C=O) groups is 1. The van der Waals surface area contributed by atoms with E-state index in [4.69, 9.17) is 9.15 Å². The van der Waals surface area contributed by atoms with Gasteiger partial charge in [-0.15, -0.1) is 0 Å². The Morgan fingerprint density at radius 1 is 1.40 bits per heavy atom. The number of fused-ring (bicyclic) bond motifs is 1. The van der Waals surface area contributed by atoms with Crippen molar-refractivity contribution in [3.63, 3.8) is 0 Å². The molecule has 1 aliphatic heterocycles. The van der Waals surface area contributed by atoms with Crippen LogP contribution in [0.15, 0.2) is 41.1 Å². The molecule has 6 heteroatoms. The maximum Gasteiger partial charge on any atom is 0.290 e. The van der Waals surface area contributed by atoms with E-state index in [2.05, 4.69) is 5.10 Å². The molecule has 1 aliphatic rings. The number of methoxy groups -OCH3 is 1. The quantitative estimate of drug-likeness (QED) is 0.732. The molecule has 3 heterocycles. The lowest BCUT2D eigenvalue weighted by Crippen LogP contribution is -2.30. The normalized spacial score (nSPS) is 17.5. The van der Waals surface area contributed by atoms with E-state index in [9.17, 15) is 4.79 Å². The first-order valence-electron chi connectivity index (χ1n) is 8.48. The molecule has 0 N–H and O–H groups in total. The summed E-state index contributed by atoms with van der Waals surface area (Å²) >= 11 is 0. The van der Waals surface area contributed by atoms with Gasteiger partial charge in [0, 0.05) is 43.4 Å². The van der Waals surface area contributed by atoms with Crippen molar-refractivity contribution in [3.05, 3.63) is 53.5 Å². The van der Waals surface area contributed by atoms with Crippen molar-refractivity contribution in [1.29, 1.82) is 0 Å². The monoisotopic (exact) mass is 339 g/mol. The second-order valence-corrected chi connectivity index (χ2v) is 6.44. The van der Waals surface area contributed by atoms with E-state index < -0.39 is 0 Å². The fourth-order valence-electron chi connectivity index (χ4n) is 3.66. The Morgan fingerprint density at radius 3 is 3.00 bits per heavy atom. The Morgan fingerprint density at radius 2 is 2.24 bits per heavy atom. The van der Waals surface area contributed by atoms with Crippen LogP contribution in [0.4, 0.5) is 0 Å². The number of carbonyl (C=O) groups excluding carboxylic acids is 1. The third-order valence-corrected chi connectivity index (χ3v) is 4.80. The molecule has 1 atom stereocenters. The maximum atomic E-state index is 13.3. The Bertz CT molecular complexity index is 912. The molecule has 0 radical (unpaired) electrons. The van der Waals surface area contributed by atoms with E-state index in [0.717, 1.165) is 41.5 Å². The highest BCUT2D eigenvalue weighted by Gasteiger charge is 2.34. The van der Waals surface area contributed by atoms with Gasteiger partial charge in [-0.2, -0.15) is 5.10 Å². The van der Waals surface area contributed by atoms with Gasteiger partial charge in [-0.3, -0.25) is 9.48 Å².